The van der Waals surface area contributed by atoms with Crippen LogP contribution in [-0.2, 0) is 8.62 Å². The van der Waals surface area contributed by atoms with Crippen LogP contribution in [0.3, 0.4) is 0 Å². The van der Waals surface area contributed by atoms with E-state index >= 15 is 0 Å². The Hall–Kier alpha value is -3.56. The number of hydrogen-bond acceptors (Lipinski definition) is 8. The van der Waals surface area contributed by atoms with Gasteiger partial charge in [0.25, 0.3) is 0 Å². The van der Waals surface area contributed by atoms with E-state index in [0.29, 0.717) is 39.7 Å². The SMILES string of the molecule is N#[C][Cu]([C]#N)([C]#N)([C]#N)([C]#N)([C]#N)([C]#N)[C]#N. The molecule has 0 spiro atoms. The van der Waals surface area contributed by atoms with Crippen molar-refractivity contribution in [2.45, 2.75) is 0 Å². The molecule has 0 aromatic rings. The van der Waals surface area contributed by atoms with Gasteiger partial charge >= 0.3 is 90.5 Å². The summed E-state index contributed by atoms with van der Waals surface area (Å²) in [6.45, 7) is 0. The Bertz CT molecular complexity index is 616. The van der Waals surface area contributed by atoms with Crippen molar-refractivity contribution in [1.29, 1.82) is 42.1 Å². The molecular formula is C8CuN8. The van der Waals surface area contributed by atoms with E-state index in [1.54, 1.807) is 0 Å². The van der Waals surface area contributed by atoms with Crippen molar-refractivity contribution in [3.8, 4) is 39.7 Å². The van der Waals surface area contributed by atoms with E-state index in [1.807, 2.05) is 0 Å². The van der Waals surface area contributed by atoms with Gasteiger partial charge in [0, 0.05) is 0 Å². The van der Waals surface area contributed by atoms with Gasteiger partial charge in [0.2, 0.25) is 0 Å². The Morgan fingerprint density at radius 2 is 0.471 bits per heavy atom. The summed E-state index contributed by atoms with van der Waals surface area (Å²) in [6, 6.07) is 0. The van der Waals surface area contributed by atoms with Crippen molar-refractivity contribution >= 4 is 0 Å². The predicted octanol–water partition coefficient (Wildman–Crippen LogP) is 0.132. The molecule has 0 fully saturated rings. The molecule has 0 aromatic heterocycles. The van der Waals surface area contributed by atoms with Gasteiger partial charge in [-0.05, 0) is 0 Å². The molecule has 8 nitrogen and oxygen atoms in total. The van der Waals surface area contributed by atoms with Gasteiger partial charge in [0.05, 0.1) is 0 Å². The molecule has 0 aromatic carbocycles. The molecule has 0 saturated carbocycles. The normalized spacial score (nSPS) is 17.4. The zero-order valence-corrected chi connectivity index (χ0v) is 8.82. The number of rotatable bonds is 0. The third-order valence-corrected chi connectivity index (χ3v) is 7.78. The second kappa shape index (κ2) is 1.55. The fourth-order valence-electron chi connectivity index (χ4n) is 0.422. The van der Waals surface area contributed by atoms with Gasteiger partial charge in [-0.3, -0.25) is 0 Å². The van der Waals surface area contributed by atoms with E-state index in [4.69, 9.17) is 42.1 Å². The third-order valence-electron chi connectivity index (χ3n) is 1.89. The van der Waals surface area contributed by atoms with Crippen molar-refractivity contribution in [2.75, 3.05) is 0 Å². The Balaban J connectivity index is 9.02. The van der Waals surface area contributed by atoms with Crippen LogP contribution in [-0.4, -0.2) is 0 Å². The zero-order valence-electron chi connectivity index (χ0n) is 7.88. The first-order valence-electron chi connectivity index (χ1n) is 2.99. The van der Waals surface area contributed by atoms with Crippen LogP contribution >= 0.6 is 0 Å². The molecule has 0 aliphatic rings. The van der Waals surface area contributed by atoms with Crippen LogP contribution in [0.5, 0.6) is 0 Å². The predicted molar refractivity (Wildman–Crippen MR) is 44.9 cm³/mol. The molecule has 0 heterocycles. The number of nitriles is 8. The van der Waals surface area contributed by atoms with Gasteiger partial charge in [0.1, 0.15) is 0 Å². The molecule has 0 amide bonds. The van der Waals surface area contributed by atoms with Crippen LogP contribution < -0.4 is 0 Å². The van der Waals surface area contributed by atoms with Crippen molar-refractivity contribution in [3.63, 3.8) is 0 Å². The van der Waals surface area contributed by atoms with E-state index in [2.05, 4.69) is 0 Å². The maximum atomic E-state index is 9.02. The standard InChI is InChI=1S/8CN.Cu/c8*1-2;. The van der Waals surface area contributed by atoms with Crippen LogP contribution in [0.4, 0.5) is 0 Å². The molecule has 9 heteroatoms. The quantitative estimate of drug-likeness (QED) is 0.555. The fourth-order valence-corrected chi connectivity index (χ4v) is 1.74. The molecule has 0 unspecified atom stereocenters. The maximum absolute atomic E-state index is 9.02. The third kappa shape index (κ3) is 0.493. The summed E-state index contributed by atoms with van der Waals surface area (Å²) < 4.78 is 0. The first kappa shape index (κ1) is 13.4. The summed E-state index contributed by atoms with van der Waals surface area (Å²) in [4.78, 5) is 4.81. The van der Waals surface area contributed by atoms with Crippen LogP contribution in [0, 0.1) is 81.8 Å². The topological polar surface area (TPSA) is 190 Å². The Morgan fingerprint density at radius 3 is 0.471 bits per heavy atom. The molecule has 83 valence electrons. The van der Waals surface area contributed by atoms with Crippen LogP contribution in [0.1, 0.15) is 0 Å². The molecular weight excluding hydrogens is 272 g/mol. The summed E-state index contributed by atoms with van der Waals surface area (Å²) in [5, 5.41) is 72.2. The average Bonchev–Trinajstić information content (AvgIpc) is 2.48. The summed E-state index contributed by atoms with van der Waals surface area (Å²) >= 11 is 0. The van der Waals surface area contributed by atoms with Crippen molar-refractivity contribution in [1.82, 2.24) is 0 Å². The molecule has 0 aliphatic carbocycles. The first-order valence-corrected chi connectivity index (χ1v) is 6.76. The average molecular weight is 272 g/mol. The van der Waals surface area contributed by atoms with E-state index in [9.17, 15) is 0 Å². The van der Waals surface area contributed by atoms with E-state index in [-0.39, 0.29) is 0 Å². The van der Waals surface area contributed by atoms with Gasteiger partial charge < -0.3 is 0 Å². The van der Waals surface area contributed by atoms with Gasteiger partial charge in [-0.15, -0.1) is 0 Å². The number of hydrogen-bond donors (Lipinski definition) is 0. The summed E-state index contributed by atoms with van der Waals surface area (Å²) in [5.74, 6) is 0. The summed E-state index contributed by atoms with van der Waals surface area (Å²) in [7, 11) is -8.51. The zero-order chi connectivity index (χ0) is 14.0. The van der Waals surface area contributed by atoms with Crippen LogP contribution in [0.2, 0.25) is 0 Å². The second-order valence-corrected chi connectivity index (χ2v) is 10.9. The second-order valence-electron chi connectivity index (χ2n) is 2.65. The Kier molecular flexibility index (Phi) is 1.22. The molecule has 0 aliphatic heterocycles. The Labute approximate surface area is 90.8 Å². The van der Waals surface area contributed by atoms with Crippen LogP contribution in [0.25, 0.3) is 0 Å². The van der Waals surface area contributed by atoms with Gasteiger partial charge in [-0.25, -0.2) is 0 Å². The van der Waals surface area contributed by atoms with Gasteiger partial charge in [-0.1, -0.05) is 0 Å². The van der Waals surface area contributed by atoms with E-state index < -0.39 is 8.62 Å². The van der Waals surface area contributed by atoms with Gasteiger partial charge in [-0.2, -0.15) is 0 Å². The van der Waals surface area contributed by atoms with Crippen molar-refractivity contribution in [2.24, 2.45) is 0 Å². The number of nitrogens with zero attached hydrogens (tertiary/aromatic N) is 8. The summed E-state index contributed by atoms with van der Waals surface area (Å²) in [5.41, 5.74) is 0. The minimum atomic E-state index is -8.51. The first-order chi connectivity index (χ1) is 7.66. The summed E-state index contributed by atoms with van der Waals surface area (Å²) in [6.07, 6.45) is 0. The molecule has 0 bridgehead atoms. The fraction of sp³-hybridized carbons (Fsp3) is 0. The van der Waals surface area contributed by atoms with Crippen LogP contribution in [0.15, 0.2) is 0 Å². The molecule has 0 N–H and O–H groups in total. The van der Waals surface area contributed by atoms with Crippen molar-refractivity contribution < 1.29 is 8.62 Å². The van der Waals surface area contributed by atoms with E-state index in [0.717, 1.165) is 0 Å². The molecule has 0 radical (unpaired) electrons. The molecule has 0 atom stereocenters. The monoisotopic (exact) mass is 271 g/mol. The van der Waals surface area contributed by atoms with Crippen molar-refractivity contribution in [3.05, 3.63) is 0 Å². The Morgan fingerprint density at radius 1 is 0.353 bits per heavy atom. The van der Waals surface area contributed by atoms with Gasteiger partial charge in [0.15, 0.2) is 0 Å². The van der Waals surface area contributed by atoms with E-state index in [1.165, 1.54) is 0 Å². The molecule has 0 rings (SSSR count). The molecule has 17 heavy (non-hydrogen) atoms. The molecule has 0 saturated heterocycles. The minimum absolute atomic E-state index is 0.602.